The van der Waals surface area contributed by atoms with Crippen LogP contribution in [0, 0.1) is 0 Å². The van der Waals surface area contributed by atoms with Crippen LogP contribution in [0.25, 0.3) is 0 Å². The lowest BCUT2D eigenvalue weighted by atomic mass is 9.94. The largest absolute Gasteiger partial charge is 0.317 e. The van der Waals surface area contributed by atoms with E-state index in [-0.39, 0.29) is 0 Å². The normalized spacial score (nSPS) is 20.2. The lowest BCUT2D eigenvalue weighted by Gasteiger charge is -2.33. The van der Waals surface area contributed by atoms with Crippen molar-refractivity contribution in [3.63, 3.8) is 0 Å². The fraction of sp³-hybridized carbons (Fsp3) is 1.00. The van der Waals surface area contributed by atoms with Gasteiger partial charge in [-0.1, -0.05) is 26.2 Å². The molecule has 0 heterocycles. The molecule has 0 bridgehead atoms. The van der Waals surface area contributed by atoms with Gasteiger partial charge >= 0.3 is 0 Å². The highest BCUT2D eigenvalue weighted by Gasteiger charge is 2.19. The zero-order valence-corrected chi connectivity index (χ0v) is 11.5. The second-order valence-electron chi connectivity index (χ2n) is 5.25. The number of nitrogens with one attached hydrogen (secondary N) is 1. The van der Waals surface area contributed by atoms with Gasteiger partial charge in [-0.2, -0.15) is 0 Å². The molecule has 0 aromatic carbocycles. The predicted octanol–water partition coefficient (Wildman–Crippen LogP) is 3.03. The highest BCUT2D eigenvalue weighted by molar-refractivity contribution is 4.75. The van der Waals surface area contributed by atoms with Gasteiger partial charge < -0.3 is 10.2 Å². The molecule has 0 amide bonds. The highest BCUT2D eigenvalue weighted by Crippen LogP contribution is 2.22. The molecular weight excluding hydrogens is 196 g/mol. The standard InChI is InChI=1S/C14H30N2/c1-4-16(12-8-9-13(2)15-3)14-10-6-5-7-11-14/h13-15H,4-12H2,1-3H3. The fourth-order valence-corrected chi connectivity index (χ4v) is 2.79. The van der Waals surface area contributed by atoms with Crippen LogP contribution in [0.1, 0.15) is 58.8 Å². The quantitative estimate of drug-likeness (QED) is 0.718. The summed E-state index contributed by atoms with van der Waals surface area (Å²) >= 11 is 0. The van der Waals surface area contributed by atoms with E-state index in [1.165, 1.54) is 58.0 Å². The molecule has 1 unspecified atom stereocenters. The van der Waals surface area contributed by atoms with Crippen molar-refractivity contribution in [2.24, 2.45) is 0 Å². The minimum Gasteiger partial charge on any atom is -0.317 e. The maximum atomic E-state index is 3.32. The van der Waals surface area contributed by atoms with E-state index >= 15 is 0 Å². The van der Waals surface area contributed by atoms with E-state index in [0.717, 1.165) is 6.04 Å². The zero-order valence-electron chi connectivity index (χ0n) is 11.5. The number of rotatable bonds is 7. The first-order valence-electron chi connectivity index (χ1n) is 7.19. The summed E-state index contributed by atoms with van der Waals surface area (Å²) in [5, 5.41) is 3.32. The molecule has 0 radical (unpaired) electrons. The molecular formula is C14H30N2. The van der Waals surface area contributed by atoms with E-state index in [1.807, 2.05) is 0 Å². The average molecular weight is 226 g/mol. The minimum absolute atomic E-state index is 0.671. The van der Waals surface area contributed by atoms with Crippen LogP contribution in [0.5, 0.6) is 0 Å². The molecule has 1 N–H and O–H groups in total. The van der Waals surface area contributed by atoms with Crippen LogP contribution in [0.15, 0.2) is 0 Å². The van der Waals surface area contributed by atoms with Crippen molar-refractivity contribution in [2.75, 3.05) is 20.1 Å². The zero-order chi connectivity index (χ0) is 11.8. The Balaban J connectivity index is 2.19. The third-order valence-electron chi connectivity index (χ3n) is 4.07. The molecule has 16 heavy (non-hydrogen) atoms. The van der Waals surface area contributed by atoms with E-state index < -0.39 is 0 Å². The molecule has 1 atom stereocenters. The number of nitrogens with zero attached hydrogens (tertiary/aromatic N) is 1. The summed E-state index contributed by atoms with van der Waals surface area (Å²) in [4.78, 5) is 2.71. The summed E-state index contributed by atoms with van der Waals surface area (Å²) < 4.78 is 0. The van der Waals surface area contributed by atoms with Crippen LogP contribution in [0.2, 0.25) is 0 Å². The Morgan fingerprint density at radius 1 is 1.25 bits per heavy atom. The number of hydrogen-bond donors (Lipinski definition) is 1. The molecule has 0 spiro atoms. The Morgan fingerprint density at radius 3 is 2.50 bits per heavy atom. The maximum Gasteiger partial charge on any atom is 0.00951 e. The van der Waals surface area contributed by atoms with Gasteiger partial charge in [-0.05, 0) is 52.7 Å². The summed E-state index contributed by atoms with van der Waals surface area (Å²) in [5.74, 6) is 0. The van der Waals surface area contributed by atoms with Gasteiger partial charge in [0, 0.05) is 12.1 Å². The first kappa shape index (κ1) is 14.0. The molecule has 1 rings (SSSR count). The van der Waals surface area contributed by atoms with Crippen LogP contribution >= 0.6 is 0 Å². The van der Waals surface area contributed by atoms with Crippen molar-refractivity contribution in [3.05, 3.63) is 0 Å². The smallest absolute Gasteiger partial charge is 0.00951 e. The molecule has 2 heteroatoms. The Kier molecular flexibility index (Phi) is 7.06. The summed E-state index contributed by atoms with van der Waals surface area (Å²) in [7, 11) is 2.06. The van der Waals surface area contributed by atoms with Crippen LogP contribution in [0.3, 0.4) is 0 Å². The maximum absolute atomic E-state index is 3.32. The van der Waals surface area contributed by atoms with E-state index in [0.29, 0.717) is 6.04 Å². The lowest BCUT2D eigenvalue weighted by molar-refractivity contribution is 0.159. The highest BCUT2D eigenvalue weighted by atomic mass is 15.1. The lowest BCUT2D eigenvalue weighted by Crippen LogP contribution is -2.37. The van der Waals surface area contributed by atoms with Crippen molar-refractivity contribution in [3.8, 4) is 0 Å². The van der Waals surface area contributed by atoms with Crippen LogP contribution in [-0.2, 0) is 0 Å². The predicted molar refractivity (Wildman–Crippen MR) is 71.9 cm³/mol. The molecule has 0 aromatic rings. The van der Waals surface area contributed by atoms with Gasteiger partial charge in [0.15, 0.2) is 0 Å². The molecule has 1 saturated carbocycles. The van der Waals surface area contributed by atoms with Gasteiger partial charge in [0.05, 0.1) is 0 Å². The molecule has 1 aliphatic rings. The van der Waals surface area contributed by atoms with Crippen molar-refractivity contribution >= 4 is 0 Å². The van der Waals surface area contributed by atoms with E-state index in [9.17, 15) is 0 Å². The minimum atomic E-state index is 0.671. The monoisotopic (exact) mass is 226 g/mol. The first-order valence-corrected chi connectivity index (χ1v) is 7.19. The van der Waals surface area contributed by atoms with Gasteiger partial charge in [0.2, 0.25) is 0 Å². The second-order valence-corrected chi connectivity index (χ2v) is 5.25. The second kappa shape index (κ2) is 8.08. The summed E-state index contributed by atoms with van der Waals surface area (Å²) in [6.07, 6.45) is 9.89. The Morgan fingerprint density at radius 2 is 1.94 bits per heavy atom. The van der Waals surface area contributed by atoms with Crippen LogP contribution < -0.4 is 5.32 Å². The summed E-state index contributed by atoms with van der Waals surface area (Å²) in [5.41, 5.74) is 0. The Labute approximate surface area is 102 Å². The van der Waals surface area contributed by atoms with Gasteiger partial charge in [-0.3, -0.25) is 0 Å². The molecule has 0 saturated heterocycles. The van der Waals surface area contributed by atoms with Crippen LogP contribution in [-0.4, -0.2) is 37.1 Å². The van der Waals surface area contributed by atoms with E-state index in [4.69, 9.17) is 0 Å². The Hall–Kier alpha value is -0.0800. The SMILES string of the molecule is CCN(CCCC(C)NC)C1CCCCC1. The van der Waals surface area contributed by atoms with Crippen molar-refractivity contribution < 1.29 is 0 Å². The number of hydrogen-bond acceptors (Lipinski definition) is 2. The van der Waals surface area contributed by atoms with Gasteiger partial charge in [0.25, 0.3) is 0 Å². The van der Waals surface area contributed by atoms with Gasteiger partial charge in [0.1, 0.15) is 0 Å². The van der Waals surface area contributed by atoms with E-state index in [2.05, 4.69) is 31.1 Å². The summed E-state index contributed by atoms with van der Waals surface area (Å²) in [6.45, 7) is 7.12. The Bertz CT molecular complexity index is 164. The van der Waals surface area contributed by atoms with Gasteiger partial charge in [-0.25, -0.2) is 0 Å². The topological polar surface area (TPSA) is 15.3 Å². The van der Waals surface area contributed by atoms with Gasteiger partial charge in [-0.15, -0.1) is 0 Å². The first-order chi connectivity index (χ1) is 7.77. The molecule has 96 valence electrons. The molecule has 1 aliphatic carbocycles. The van der Waals surface area contributed by atoms with Crippen molar-refractivity contribution in [2.45, 2.75) is 70.9 Å². The third-order valence-corrected chi connectivity index (χ3v) is 4.07. The van der Waals surface area contributed by atoms with Crippen LogP contribution in [0.4, 0.5) is 0 Å². The molecule has 1 fully saturated rings. The van der Waals surface area contributed by atoms with Crippen molar-refractivity contribution in [1.29, 1.82) is 0 Å². The van der Waals surface area contributed by atoms with E-state index in [1.54, 1.807) is 0 Å². The molecule has 2 nitrogen and oxygen atoms in total. The summed E-state index contributed by atoms with van der Waals surface area (Å²) in [6, 6.07) is 1.56. The fourth-order valence-electron chi connectivity index (χ4n) is 2.79. The average Bonchev–Trinajstić information content (AvgIpc) is 2.35. The molecule has 0 aliphatic heterocycles. The molecule has 0 aromatic heterocycles. The third kappa shape index (κ3) is 4.84. The van der Waals surface area contributed by atoms with Crippen molar-refractivity contribution in [1.82, 2.24) is 10.2 Å².